The van der Waals surface area contributed by atoms with Crippen LogP contribution >= 0.6 is 0 Å². The highest BCUT2D eigenvalue weighted by Gasteiger charge is 2.07. The summed E-state index contributed by atoms with van der Waals surface area (Å²) in [6.07, 6.45) is 4.42. The van der Waals surface area contributed by atoms with E-state index >= 15 is 0 Å². The van der Waals surface area contributed by atoms with E-state index in [9.17, 15) is 4.79 Å². The first-order chi connectivity index (χ1) is 6.17. The predicted octanol–water partition coefficient (Wildman–Crippen LogP) is 3.13. The van der Waals surface area contributed by atoms with E-state index in [1.165, 1.54) is 0 Å². The quantitative estimate of drug-likeness (QED) is 0.473. The van der Waals surface area contributed by atoms with Crippen molar-refractivity contribution in [1.29, 1.82) is 0 Å². The van der Waals surface area contributed by atoms with Gasteiger partial charge in [-0.2, -0.15) is 0 Å². The van der Waals surface area contributed by atoms with E-state index in [4.69, 9.17) is 0 Å². The van der Waals surface area contributed by atoms with Gasteiger partial charge in [0.05, 0.1) is 0 Å². The third-order valence-electron chi connectivity index (χ3n) is 1.89. The Bertz CT molecular complexity index is 226. The molecule has 0 atom stereocenters. The molecular weight excluding hydrogens is 162 g/mol. The van der Waals surface area contributed by atoms with Gasteiger partial charge in [-0.05, 0) is 26.7 Å². The van der Waals surface area contributed by atoms with Crippen LogP contribution in [-0.4, -0.2) is 12.0 Å². The first-order valence-corrected chi connectivity index (χ1v) is 4.88. The molecule has 0 unspecified atom stereocenters. The maximum Gasteiger partial charge on any atom is 0.157 e. The van der Waals surface area contributed by atoms with Gasteiger partial charge in [0.1, 0.15) is 0 Å². The molecule has 13 heavy (non-hydrogen) atoms. The number of hydrogen-bond acceptors (Lipinski definition) is 2. The maximum atomic E-state index is 11.3. The molecule has 0 aliphatic heterocycles. The van der Waals surface area contributed by atoms with Gasteiger partial charge in [0.15, 0.2) is 5.78 Å². The standard InChI is InChI=1S/C11H19NO/c1-5-8-10(9(4)13)11(6-2)12-7-3/h7H,5-6,8H2,1-4H3/b11-10-,12-7?. The average Bonchev–Trinajstić information content (AvgIpc) is 2.10. The van der Waals surface area contributed by atoms with E-state index in [1.807, 2.05) is 13.8 Å². The molecule has 0 radical (unpaired) electrons. The van der Waals surface area contributed by atoms with Crippen molar-refractivity contribution < 1.29 is 4.79 Å². The highest BCUT2D eigenvalue weighted by molar-refractivity contribution is 5.94. The second kappa shape index (κ2) is 6.58. The predicted molar refractivity (Wildman–Crippen MR) is 57.1 cm³/mol. The lowest BCUT2D eigenvalue weighted by Gasteiger charge is -2.05. The molecule has 2 heteroatoms. The van der Waals surface area contributed by atoms with Crippen LogP contribution in [-0.2, 0) is 4.79 Å². The zero-order valence-electron chi connectivity index (χ0n) is 9.05. The van der Waals surface area contributed by atoms with E-state index in [1.54, 1.807) is 13.1 Å². The van der Waals surface area contributed by atoms with E-state index in [2.05, 4.69) is 11.9 Å². The SMILES string of the molecule is CC=N/C(CC)=C(/CCC)C(C)=O. The van der Waals surface area contributed by atoms with Gasteiger partial charge in [0.25, 0.3) is 0 Å². The van der Waals surface area contributed by atoms with Crippen LogP contribution < -0.4 is 0 Å². The molecular formula is C11H19NO. The molecule has 0 bridgehead atoms. The van der Waals surface area contributed by atoms with Crippen LogP contribution in [0, 0.1) is 0 Å². The summed E-state index contributed by atoms with van der Waals surface area (Å²) in [6, 6.07) is 0. The molecule has 0 heterocycles. The number of Topliss-reactive ketones (excluding diaryl/α,β-unsaturated/α-hetero) is 1. The Balaban J connectivity index is 4.88. The molecule has 0 amide bonds. The lowest BCUT2D eigenvalue weighted by Crippen LogP contribution is -2.00. The van der Waals surface area contributed by atoms with Gasteiger partial charge in [0.2, 0.25) is 0 Å². The number of hydrogen-bond donors (Lipinski definition) is 0. The van der Waals surface area contributed by atoms with Crippen molar-refractivity contribution in [2.24, 2.45) is 4.99 Å². The Hall–Kier alpha value is -0.920. The van der Waals surface area contributed by atoms with Gasteiger partial charge in [-0.1, -0.05) is 20.3 Å². The minimum absolute atomic E-state index is 0.157. The lowest BCUT2D eigenvalue weighted by molar-refractivity contribution is -0.113. The fourth-order valence-corrected chi connectivity index (χ4v) is 1.31. The van der Waals surface area contributed by atoms with Crippen molar-refractivity contribution >= 4 is 12.0 Å². The molecule has 0 saturated carbocycles. The summed E-state index contributed by atoms with van der Waals surface area (Å²) in [4.78, 5) is 15.5. The normalized spacial score (nSPS) is 13.2. The second-order valence-electron chi connectivity index (χ2n) is 2.97. The van der Waals surface area contributed by atoms with Gasteiger partial charge in [-0.25, -0.2) is 0 Å². The van der Waals surface area contributed by atoms with E-state index in [-0.39, 0.29) is 5.78 Å². The van der Waals surface area contributed by atoms with Gasteiger partial charge < -0.3 is 0 Å². The van der Waals surface area contributed by atoms with Crippen LogP contribution in [0.1, 0.15) is 47.0 Å². The minimum atomic E-state index is 0.157. The number of nitrogens with zero attached hydrogens (tertiary/aromatic N) is 1. The Morgan fingerprint density at radius 3 is 2.31 bits per heavy atom. The highest BCUT2D eigenvalue weighted by atomic mass is 16.1. The summed E-state index contributed by atoms with van der Waals surface area (Å²) in [7, 11) is 0. The summed E-state index contributed by atoms with van der Waals surface area (Å²) in [5.74, 6) is 0.157. The third kappa shape index (κ3) is 4.02. The average molecular weight is 181 g/mol. The van der Waals surface area contributed by atoms with Crippen molar-refractivity contribution in [2.45, 2.75) is 47.0 Å². The minimum Gasteiger partial charge on any atom is -0.295 e. The molecule has 0 rings (SSSR count). The summed E-state index contributed by atoms with van der Waals surface area (Å²) < 4.78 is 0. The van der Waals surface area contributed by atoms with Crippen molar-refractivity contribution in [3.05, 3.63) is 11.3 Å². The zero-order valence-corrected chi connectivity index (χ0v) is 9.05. The summed E-state index contributed by atoms with van der Waals surface area (Å²) >= 11 is 0. The summed E-state index contributed by atoms with van der Waals surface area (Å²) in [5.41, 5.74) is 1.83. The first kappa shape index (κ1) is 12.1. The van der Waals surface area contributed by atoms with Crippen molar-refractivity contribution in [3.63, 3.8) is 0 Å². The molecule has 0 aromatic carbocycles. The molecule has 0 fully saturated rings. The molecule has 0 aromatic heterocycles. The van der Waals surface area contributed by atoms with Crippen molar-refractivity contribution in [3.8, 4) is 0 Å². The zero-order chi connectivity index (χ0) is 10.3. The Kier molecular flexibility index (Phi) is 6.11. The van der Waals surface area contributed by atoms with Crippen molar-refractivity contribution in [2.75, 3.05) is 0 Å². The molecule has 2 nitrogen and oxygen atoms in total. The third-order valence-corrected chi connectivity index (χ3v) is 1.89. The second-order valence-corrected chi connectivity index (χ2v) is 2.97. The van der Waals surface area contributed by atoms with Crippen LogP contribution in [0.5, 0.6) is 0 Å². The number of allylic oxidation sites excluding steroid dienone is 2. The summed E-state index contributed by atoms with van der Waals surface area (Å²) in [5, 5.41) is 0. The maximum absolute atomic E-state index is 11.3. The Morgan fingerprint density at radius 2 is 2.00 bits per heavy atom. The fraction of sp³-hybridized carbons (Fsp3) is 0.636. The topological polar surface area (TPSA) is 29.4 Å². The van der Waals surface area contributed by atoms with Crippen LogP contribution in [0.2, 0.25) is 0 Å². The molecule has 0 aliphatic rings. The first-order valence-electron chi connectivity index (χ1n) is 4.88. The largest absolute Gasteiger partial charge is 0.295 e. The van der Waals surface area contributed by atoms with E-state index in [0.29, 0.717) is 0 Å². The highest BCUT2D eigenvalue weighted by Crippen LogP contribution is 2.16. The molecule has 0 aromatic rings. The Labute approximate surface area is 80.8 Å². The number of rotatable bonds is 5. The smallest absolute Gasteiger partial charge is 0.157 e. The number of aliphatic imine (C=N–C) groups is 1. The lowest BCUT2D eigenvalue weighted by atomic mass is 10.0. The molecule has 0 N–H and O–H groups in total. The number of carbonyl (C=O) groups is 1. The van der Waals surface area contributed by atoms with Crippen LogP contribution in [0.4, 0.5) is 0 Å². The summed E-state index contributed by atoms with van der Waals surface area (Å²) in [6.45, 7) is 7.60. The van der Waals surface area contributed by atoms with Crippen molar-refractivity contribution in [1.82, 2.24) is 0 Å². The number of ketones is 1. The van der Waals surface area contributed by atoms with Gasteiger partial charge in [0, 0.05) is 17.5 Å². The number of carbonyl (C=O) groups excluding carboxylic acids is 1. The molecule has 0 aliphatic carbocycles. The van der Waals surface area contributed by atoms with Crippen LogP contribution in [0.15, 0.2) is 16.3 Å². The Morgan fingerprint density at radius 1 is 1.38 bits per heavy atom. The fourth-order valence-electron chi connectivity index (χ4n) is 1.31. The van der Waals surface area contributed by atoms with E-state index in [0.717, 1.165) is 30.5 Å². The van der Waals surface area contributed by atoms with E-state index < -0.39 is 0 Å². The molecule has 74 valence electrons. The van der Waals surface area contributed by atoms with Crippen LogP contribution in [0.3, 0.4) is 0 Å². The monoisotopic (exact) mass is 181 g/mol. The van der Waals surface area contributed by atoms with Crippen LogP contribution in [0.25, 0.3) is 0 Å². The van der Waals surface area contributed by atoms with Gasteiger partial charge >= 0.3 is 0 Å². The van der Waals surface area contributed by atoms with Gasteiger partial charge in [-0.15, -0.1) is 0 Å². The van der Waals surface area contributed by atoms with Gasteiger partial charge in [-0.3, -0.25) is 9.79 Å². The molecule has 0 spiro atoms. The molecule has 0 saturated heterocycles.